The van der Waals surface area contributed by atoms with Crippen LogP contribution in [-0.2, 0) is 4.79 Å². The fourth-order valence-corrected chi connectivity index (χ4v) is 3.82. The number of aliphatic imine (C=N–C) groups is 1. The lowest BCUT2D eigenvalue weighted by Crippen LogP contribution is -2.21. The summed E-state index contributed by atoms with van der Waals surface area (Å²) in [5.41, 5.74) is 9.76. The highest BCUT2D eigenvalue weighted by Crippen LogP contribution is 2.31. The first kappa shape index (κ1) is 41.0. The number of hydrogen-bond donors (Lipinski definition) is 2. The van der Waals surface area contributed by atoms with Crippen LogP contribution in [0.2, 0.25) is 0 Å². The Hall–Kier alpha value is -4.18. The average molecular weight is 585 g/mol. The molecular weight excluding hydrogens is 528 g/mol. The number of phenolic OH excluding ortho intramolecular Hbond substituents is 1. The van der Waals surface area contributed by atoms with Crippen molar-refractivity contribution in [3.05, 3.63) is 131 Å². The first-order valence-corrected chi connectivity index (χ1v) is 15.0. The molecule has 1 aromatic carbocycles. The summed E-state index contributed by atoms with van der Waals surface area (Å²) in [6.45, 7) is 29.6. The van der Waals surface area contributed by atoms with Crippen LogP contribution in [0.15, 0.2) is 125 Å². The summed E-state index contributed by atoms with van der Waals surface area (Å²) < 4.78 is 0. The van der Waals surface area contributed by atoms with Gasteiger partial charge in [0.15, 0.2) is 0 Å². The number of nitrogens with one attached hydrogen (secondary N) is 1. The zero-order valence-corrected chi connectivity index (χ0v) is 28.6. The van der Waals surface area contributed by atoms with Gasteiger partial charge in [-0.2, -0.15) is 0 Å². The molecule has 0 amide bonds. The van der Waals surface area contributed by atoms with Crippen LogP contribution in [0.3, 0.4) is 0 Å². The second-order valence-electron chi connectivity index (χ2n) is 9.62. The molecule has 0 spiro atoms. The highest BCUT2D eigenvalue weighted by molar-refractivity contribution is 5.88. The van der Waals surface area contributed by atoms with Crippen LogP contribution in [-0.4, -0.2) is 17.2 Å². The Kier molecular flexibility index (Phi) is 23.3. The largest absolute Gasteiger partial charge is 0.507 e. The molecule has 43 heavy (non-hydrogen) atoms. The van der Waals surface area contributed by atoms with Gasteiger partial charge < -0.3 is 15.2 Å². The van der Waals surface area contributed by atoms with Crippen LogP contribution in [0.5, 0.6) is 5.75 Å². The van der Waals surface area contributed by atoms with E-state index in [2.05, 4.69) is 69.4 Å². The number of nitrogens with zero attached hydrogens (tertiary/aromatic N) is 1. The topological polar surface area (TPSA) is 61.7 Å². The van der Waals surface area contributed by atoms with Crippen molar-refractivity contribution < 1.29 is 9.90 Å². The van der Waals surface area contributed by atoms with E-state index in [-0.39, 0.29) is 0 Å². The molecule has 1 heterocycles. The molecule has 234 valence electrons. The Morgan fingerprint density at radius 2 is 1.70 bits per heavy atom. The van der Waals surface area contributed by atoms with Crippen LogP contribution in [0, 0.1) is 6.92 Å². The molecule has 0 radical (unpaired) electrons. The van der Waals surface area contributed by atoms with E-state index in [1.807, 2.05) is 90.3 Å². The molecule has 2 N–H and O–H groups in total. The lowest BCUT2D eigenvalue weighted by Gasteiger charge is -2.11. The van der Waals surface area contributed by atoms with Crippen molar-refractivity contribution in [2.45, 2.75) is 89.0 Å². The van der Waals surface area contributed by atoms with Gasteiger partial charge in [0.25, 0.3) is 0 Å². The monoisotopic (exact) mass is 584 g/mol. The van der Waals surface area contributed by atoms with Gasteiger partial charge in [0.1, 0.15) is 17.9 Å². The van der Waals surface area contributed by atoms with Crippen LogP contribution < -0.4 is 5.32 Å². The highest BCUT2D eigenvalue weighted by Gasteiger charge is 2.12. The van der Waals surface area contributed by atoms with Crippen LogP contribution in [0.25, 0.3) is 5.57 Å². The van der Waals surface area contributed by atoms with Gasteiger partial charge in [-0.05, 0) is 108 Å². The number of aryl methyl sites for hydroxylation is 1. The van der Waals surface area contributed by atoms with Crippen LogP contribution in [0.4, 0.5) is 0 Å². The normalized spacial score (nSPS) is 13.8. The zero-order chi connectivity index (χ0) is 33.4. The van der Waals surface area contributed by atoms with Gasteiger partial charge in [0.2, 0.25) is 0 Å². The second kappa shape index (κ2) is 24.4. The Morgan fingerprint density at radius 1 is 1.07 bits per heavy atom. The Bertz CT molecular complexity index is 1270. The Labute approximate surface area is 263 Å². The lowest BCUT2D eigenvalue weighted by molar-refractivity contribution is -0.106. The molecule has 1 aliphatic heterocycles. The quantitative estimate of drug-likeness (QED) is 0.236. The number of hydrogen-bond acceptors (Lipinski definition) is 4. The van der Waals surface area contributed by atoms with E-state index in [0.717, 1.165) is 52.9 Å². The third kappa shape index (κ3) is 16.8. The lowest BCUT2D eigenvalue weighted by atomic mass is 9.95. The fourth-order valence-electron chi connectivity index (χ4n) is 3.82. The number of aldehydes is 1. The van der Waals surface area contributed by atoms with Crippen molar-refractivity contribution in [2.24, 2.45) is 4.99 Å². The maximum Gasteiger partial charge on any atom is 0.123 e. The number of rotatable bonds is 8. The molecule has 0 fully saturated rings. The minimum absolute atomic E-state index is 0.302. The van der Waals surface area contributed by atoms with E-state index >= 15 is 0 Å². The van der Waals surface area contributed by atoms with Crippen molar-refractivity contribution >= 4 is 17.7 Å². The molecule has 1 aromatic rings. The number of aromatic hydroxyl groups is 1. The fraction of sp³-hybridized carbons (Fsp3) is 0.333. The summed E-state index contributed by atoms with van der Waals surface area (Å²) in [6, 6.07) is 5.60. The van der Waals surface area contributed by atoms with Crippen molar-refractivity contribution in [3.63, 3.8) is 0 Å². The molecule has 0 aromatic heterocycles. The minimum atomic E-state index is 0.302. The zero-order valence-electron chi connectivity index (χ0n) is 28.6. The van der Waals surface area contributed by atoms with E-state index in [1.165, 1.54) is 29.2 Å². The molecule has 2 rings (SSSR count). The summed E-state index contributed by atoms with van der Waals surface area (Å²) in [5.74, 6) is 1.17. The van der Waals surface area contributed by atoms with E-state index in [0.29, 0.717) is 5.75 Å². The predicted molar refractivity (Wildman–Crippen MR) is 192 cm³/mol. The van der Waals surface area contributed by atoms with Crippen molar-refractivity contribution in [3.8, 4) is 5.75 Å². The molecule has 1 aliphatic rings. The van der Waals surface area contributed by atoms with Crippen LogP contribution >= 0.6 is 0 Å². The Balaban J connectivity index is 0. The molecule has 0 saturated heterocycles. The van der Waals surface area contributed by atoms with Gasteiger partial charge in [-0.3, -0.25) is 0 Å². The number of carbonyl (C=O) groups is 1. The second-order valence-corrected chi connectivity index (χ2v) is 9.62. The molecule has 4 nitrogen and oxygen atoms in total. The number of benzene rings is 1. The first-order chi connectivity index (χ1) is 20.5. The molecule has 0 unspecified atom stereocenters. The Morgan fingerprint density at radius 3 is 2.21 bits per heavy atom. The third-order valence-corrected chi connectivity index (χ3v) is 6.31. The molecule has 0 saturated carbocycles. The van der Waals surface area contributed by atoms with Gasteiger partial charge in [0.05, 0.1) is 0 Å². The molecule has 0 bridgehead atoms. The van der Waals surface area contributed by atoms with Crippen molar-refractivity contribution in [2.75, 3.05) is 0 Å². The van der Waals surface area contributed by atoms with E-state index in [9.17, 15) is 5.11 Å². The maximum absolute atomic E-state index is 10.3. The molecular formula is C39H56N2O2. The average Bonchev–Trinajstić information content (AvgIpc) is 3.10. The highest BCUT2D eigenvalue weighted by atomic mass is 16.3. The van der Waals surface area contributed by atoms with Crippen LogP contribution in [0.1, 0.15) is 93.2 Å². The summed E-state index contributed by atoms with van der Waals surface area (Å²) in [5, 5.41) is 13.6. The predicted octanol–water partition coefficient (Wildman–Crippen LogP) is 11.1. The summed E-state index contributed by atoms with van der Waals surface area (Å²) in [6.07, 6.45) is 20.6. The smallest absolute Gasteiger partial charge is 0.123 e. The van der Waals surface area contributed by atoms with Gasteiger partial charge in [-0.25, -0.2) is 4.99 Å². The number of phenols is 1. The maximum atomic E-state index is 10.3. The van der Waals surface area contributed by atoms with Gasteiger partial charge >= 0.3 is 0 Å². The number of carbonyl (C=O) groups excluding carboxylic acids is 1. The molecule has 4 heteroatoms. The first-order valence-electron chi connectivity index (χ1n) is 15.0. The van der Waals surface area contributed by atoms with Gasteiger partial charge in [0, 0.05) is 23.9 Å². The molecule has 0 atom stereocenters. The SMILES string of the molecule is C=C(/C=C\C(C)=C/C)NC1=NC=C(/C=C(\C)c2c(C)cccc2O)C(C)=C(C)C1.C=C/C=C(\C=C/C)CC.CC.CC=O. The van der Waals surface area contributed by atoms with E-state index in [1.54, 1.807) is 6.07 Å². The standard InChI is InChI=1S/C26H32N2O.C9H14.C2H4O.C2H6/c1-8-17(2)12-13-21(6)28-25-15-19(4)22(7)23(16-27-25)14-20(5)26-18(3)10-9-11-24(26)29;1-4-7-9(6-3)8-5-2;1-2-3;1-2/h8-14,16,29H,6,15H2,1-5,7H3,(H,27,28);4-5,7-8H,1,6H2,2-3H3;2H,1H3;1-2H3/b13-12-,17-8-,20-14+;8-5-,9-7-;;. The number of amidine groups is 1. The summed E-state index contributed by atoms with van der Waals surface area (Å²) >= 11 is 0. The summed E-state index contributed by atoms with van der Waals surface area (Å²) in [4.78, 5) is 13.5. The molecule has 0 aliphatic carbocycles. The van der Waals surface area contributed by atoms with Gasteiger partial charge in [-0.1, -0.05) is 93.7 Å². The number of allylic oxidation sites excluding steroid dienone is 13. The minimum Gasteiger partial charge on any atom is -0.507 e. The summed E-state index contributed by atoms with van der Waals surface area (Å²) in [7, 11) is 0. The van der Waals surface area contributed by atoms with Crippen molar-refractivity contribution in [1.29, 1.82) is 0 Å². The third-order valence-electron chi connectivity index (χ3n) is 6.31. The van der Waals surface area contributed by atoms with Crippen molar-refractivity contribution in [1.82, 2.24) is 5.32 Å². The van der Waals surface area contributed by atoms with Gasteiger partial charge in [-0.15, -0.1) is 0 Å². The van der Waals surface area contributed by atoms with E-state index in [4.69, 9.17) is 4.79 Å². The van der Waals surface area contributed by atoms with E-state index < -0.39 is 0 Å².